The Labute approximate surface area is 200 Å². The number of halogens is 1. The summed E-state index contributed by atoms with van der Waals surface area (Å²) in [5.74, 6) is 0.170. The van der Waals surface area contributed by atoms with E-state index in [4.69, 9.17) is 0 Å². The molecule has 0 radical (unpaired) electrons. The van der Waals surface area contributed by atoms with Crippen molar-refractivity contribution in [2.75, 3.05) is 13.1 Å². The number of rotatable bonds is 4. The fourth-order valence-corrected chi connectivity index (χ4v) is 4.68. The number of carbonyl (C=O) groups excluding carboxylic acids is 1. The molecular weight excluding hydrogens is 445 g/mol. The molecule has 0 spiro atoms. The second-order valence-electron chi connectivity index (χ2n) is 9.40. The third-order valence-corrected chi connectivity index (χ3v) is 6.71. The summed E-state index contributed by atoms with van der Waals surface area (Å²) in [4.78, 5) is 31.2. The van der Waals surface area contributed by atoms with Gasteiger partial charge in [-0.25, -0.2) is 18.9 Å². The molecule has 0 unspecified atom stereocenters. The highest BCUT2D eigenvalue weighted by Gasteiger charge is 2.35. The normalized spacial score (nSPS) is 17.0. The van der Waals surface area contributed by atoms with Crippen LogP contribution in [0.25, 0.3) is 33.8 Å². The third-order valence-electron chi connectivity index (χ3n) is 6.71. The first-order chi connectivity index (χ1) is 17.0. The Morgan fingerprint density at radius 1 is 1.14 bits per heavy atom. The van der Waals surface area contributed by atoms with Gasteiger partial charge in [0.2, 0.25) is 5.91 Å². The van der Waals surface area contributed by atoms with Gasteiger partial charge in [0.25, 0.3) is 0 Å². The lowest BCUT2D eigenvalue weighted by Crippen LogP contribution is -2.29. The molecule has 3 heterocycles. The molecule has 2 aromatic carbocycles. The van der Waals surface area contributed by atoms with E-state index in [0.717, 1.165) is 46.9 Å². The number of hydrogen-bond donors (Lipinski definition) is 1. The Hall–Kier alpha value is -4.07. The van der Waals surface area contributed by atoms with Crippen LogP contribution in [0, 0.1) is 18.7 Å². The first kappa shape index (κ1) is 21.5. The van der Waals surface area contributed by atoms with Gasteiger partial charge < -0.3 is 4.90 Å². The van der Waals surface area contributed by atoms with Crippen molar-refractivity contribution in [2.24, 2.45) is 5.92 Å². The van der Waals surface area contributed by atoms with Crippen LogP contribution < -0.4 is 5.69 Å². The standard InChI is InChI=1S/C27H24FN5O2/c1-16-10-21-5-4-20(13-23(21)29-14-16)19-6-7-24(22(28)12-19)33-25(30-31-27(33)35)11-17-8-9-32(15-17)26(34)18-2-3-18/h4-7,10-14,18H,2-3,8-9,15H2,1H3,(H,31,35)/b17-11+. The van der Waals surface area contributed by atoms with E-state index in [-0.39, 0.29) is 17.5 Å². The number of carbonyl (C=O) groups is 1. The number of likely N-dealkylation sites (tertiary alicyclic amines) is 1. The smallest absolute Gasteiger partial charge is 0.338 e. The Bertz CT molecular complexity index is 1560. The maximum Gasteiger partial charge on any atom is 0.348 e. The highest BCUT2D eigenvalue weighted by molar-refractivity contribution is 5.85. The highest BCUT2D eigenvalue weighted by atomic mass is 19.1. The van der Waals surface area contributed by atoms with Crippen molar-refractivity contribution in [3.05, 3.63) is 81.9 Å². The number of nitrogens with zero attached hydrogens (tertiary/aromatic N) is 4. The topological polar surface area (TPSA) is 83.9 Å². The van der Waals surface area contributed by atoms with E-state index in [0.29, 0.717) is 24.5 Å². The van der Waals surface area contributed by atoms with Crippen LogP contribution in [0.15, 0.2) is 59.0 Å². The van der Waals surface area contributed by atoms with Crippen LogP contribution in [0.4, 0.5) is 4.39 Å². The number of amides is 1. The molecule has 176 valence electrons. The van der Waals surface area contributed by atoms with E-state index in [1.807, 2.05) is 36.2 Å². The van der Waals surface area contributed by atoms with Gasteiger partial charge in [-0.1, -0.05) is 18.2 Å². The van der Waals surface area contributed by atoms with Gasteiger partial charge in [-0.3, -0.25) is 9.78 Å². The van der Waals surface area contributed by atoms with Gasteiger partial charge in [0, 0.05) is 30.6 Å². The quantitative estimate of drug-likeness (QED) is 0.484. The lowest BCUT2D eigenvalue weighted by Gasteiger charge is -2.14. The summed E-state index contributed by atoms with van der Waals surface area (Å²) in [5.41, 5.74) is 4.05. The molecule has 2 aromatic heterocycles. The van der Waals surface area contributed by atoms with Crippen molar-refractivity contribution in [1.82, 2.24) is 24.6 Å². The summed E-state index contributed by atoms with van der Waals surface area (Å²) < 4.78 is 16.6. The van der Waals surface area contributed by atoms with Crippen LogP contribution in [0.5, 0.6) is 0 Å². The van der Waals surface area contributed by atoms with Gasteiger partial charge in [-0.15, -0.1) is 0 Å². The molecule has 2 aliphatic rings. The van der Waals surface area contributed by atoms with E-state index >= 15 is 4.39 Å². The number of nitrogens with one attached hydrogen (secondary N) is 1. The van der Waals surface area contributed by atoms with Crippen LogP contribution in [0.3, 0.4) is 0 Å². The predicted octanol–water partition coefficient (Wildman–Crippen LogP) is 4.25. The Balaban J connectivity index is 1.30. The van der Waals surface area contributed by atoms with Gasteiger partial charge in [0.15, 0.2) is 5.82 Å². The maximum atomic E-state index is 15.3. The summed E-state index contributed by atoms with van der Waals surface area (Å²) in [6, 6.07) is 12.7. The van der Waals surface area contributed by atoms with E-state index in [9.17, 15) is 9.59 Å². The molecule has 35 heavy (non-hydrogen) atoms. The molecule has 0 bridgehead atoms. The zero-order chi connectivity index (χ0) is 24.1. The van der Waals surface area contributed by atoms with Gasteiger partial charge in [0.1, 0.15) is 5.82 Å². The fourth-order valence-electron chi connectivity index (χ4n) is 4.68. The summed E-state index contributed by atoms with van der Waals surface area (Å²) in [7, 11) is 0. The van der Waals surface area contributed by atoms with E-state index in [2.05, 4.69) is 21.2 Å². The average molecular weight is 470 g/mol. The molecule has 6 rings (SSSR count). The number of aromatic amines is 1. The van der Waals surface area contributed by atoms with Crippen molar-refractivity contribution in [3.63, 3.8) is 0 Å². The minimum absolute atomic E-state index is 0.123. The van der Waals surface area contributed by atoms with Crippen molar-refractivity contribution >= 4 is 22.9 Å². The molecule has 1 N–H and O–H groups in total. The minimum Gasteiger partial charge on any atom is -0.338 e. The number of pyridine rings is 1. The summed E-state index contributed by atoms with van der Waals surface area (Å²) in [6.07, 6.45) is 6.25. The highest BCUT2D eigenvalue weighted by Crippen LogP contribution is 2.33. The largest absolute Gasteiger partial charge is 0.348 e. The second-order valence-corrected chi connectivity index (χ2v) is 9.40. The Morgan fingerprint density at radius 2 is 1.94 bits per heavy atom. The molecule has 1 saturated carbocycles. The molecular formula is C27H24FN5O2. The SMILES string of the molecule is Cc1cnc2cc(-c3ccc(-n4c(/C=C5\CCN(C(=O)C6CC6)C5)n[nH]c4=O)c(F)c3)ccc2c1. The molecule has 0 atom stereocenters. The van der Waals surface area contributed by atoms with E-state index in [1.54, 1.807) is 18.2 Å². The van der Waals surface area contributed by atoms with Crippen molar-refractivity contribution in [1.29, 1.82) is 0 Å². The number of aromatic nitrogens is 4. The van der Waals surface area contributed by atoms with Gasteiger partial charge in [-0.2, -0.15) is 5.10 Å². The van der Waals surface area contributed by atoms with Crippen LogP contribution in [-0.2, 0) is 4.79 Å². The second kappa shape index (κ2) is 8.30. The monoisotopic (exact) mass is 469 g/mol. The third kappa shape index (κ3) is 4.05. The van der Waals surface area contributed by atoms with Crippen molar-refractivity contribution < 1.29 is 9.18 Å². The molecule has 2 fully saturated rings. The zero-order valence-corrected chi connectivity index (χ0v) is 19.3. The molecule has 1 saturated heterocycles. The summed E-state index contributed by atoms with van der Waals surface area (Å²) in [5, 5.41) is 7.56. The first-order valence-electron chi connectivity index (χ1n) is 11.8. The Morgan fingerprint density at radius 3 is 2.74 bits per heavy atom. The van der Waals surface area contributed by atoms with E-state index in [1.165, 1.54) is 10.6 Å². The molecule has 1 aliphatic carbocycles. The predicted molar refractivity (Wildman–Crippen MR) is 132 cm³/mol. The number of H-pyrrole nitrogens is 1. The van der Waals surface area contributed by atoms with Gasteiger partial charge >= 0.3 is 5.69 Å². The van der Waals surface area contributed by atoms with Crippen LogP contribution in [0.1, 0.15) is 30.7 Å². The lowest BCUT2D eigenvalue weighted by molar-refractivity contribution is -0.131. The maximum absolute atomic E-state index is 15.3. The van der Waals surface area contributed by atoms with Gasteiger partial charge in [0.05, 0.1) is 11.2 Å². The number of benzene rings is 2. The van der Waals surface area contributed by atoms with Crippen LogP contribution in [-0.4, -0.2) is 43.6 Å². The van der Waals surface area contributed by atoms with E-state index < -0.39 is 11.5 Å². The fraction of sp³-hybridized carbons (Fsp3) is 0.259. The first-order valence-corrected chi connectivity index (χ1v) is 11.8. The van der Waals surface area contributed by atoms with Crippen molar-refractivity contribution in [2.45, 2.75) is 26.2 Å². The zero-order valence-electron chi connectivity index (χ0n) is 19.3. The Kier molecular flexibility index (Phi) is 5.09. The molecule has 8 heteroatoms. The summed E-state index contributed by atoms with van der Waals surface area (Å²) in [6.45, 7) is 3.18. The number of hydrogen-bond acceptors (Lipinski definition) is 4. The van der Waals surface area contributed by atoms with Crippen LogP contribution in [0.2, 0.25) is 0 Å². The number of aryl methyl sites for hydroxylation is 1. The minimum atomic E-state index is -0.528. The lowest BCUT2D eigenvalue weighted by atomic mass is 10.0. The van der Waals surface area contributed by atoms with Crippen LogP contribution >= 0.6 is 0 Å². The molecule has 1 aliphatic heterocycles. The molecule has 1 amide bonds. The summed E-state index contributed by atoms with van der Waals surface area (Å²) >= 11 is 0. The van der Waals surface area contributed by atoms with Crippen molar-refractivity contribution in [3.8, 4) is 16.8 Å². The number of fused-ring (bicyclic) bond motifs is 1. The molecule has 4 aromatic rings. The average Bonchev–Trinajstić information content (AvgIpc) is 3.50. The molecule has 7 nitrogen and oxygen atoms in total. The van der Waals surface area contributed by atoms with Gasteiger partial charge in [-0.05, 0) is 78.8 Å².